The van der Waals surface area contributed by atoms with Gasteiger partial charge in [-0.2, -0.15) is 0 Å². The van der Waals surface area contributed by atoms with Crippen LogP contribution in [0, 0.1) is 11.8 Å². The number of hydrogen-bond acceptors (Lipinski definition) is 8. The number of benzene rings is 2. The molecule has 266 valence electrons. The molecular weight excluding hydrogens is 657 g/mol. The largest absolute Gasteiger partial charge is 0.353 e. The summed E-state index contributed by atoms with van der Waals surface area (Å²) < 4.78 is 0. The van der Waals surface area contributed by atoms with Crippen LogP contribution in [0.25, 0.3) is 21.8 Å². The second kappa shape index (κ2) is 14.3. The maximum atomic E-state index is 7.67. The summed E-state index contributed by atoms with van der Waals surface area (Å²) in [7, 11) is 8.57. The van der Waals surface area contributed by atoms with E-state index in [9.17, 15) is 0 Å². The van der Waals surface area contributed by atoms with Gasteiger partial charge in [-0.3, -0.25) is 15.0 Å². The molecule has 2 aliphatic heterocycles. The number of aromatic nitrogens is 2. The predicted octanol–water partition coefficient (Wildman–Crippen LogP) is 7.84. The minimum absolute atomic E-state index is 0.327. The molecule has 10 heteroatoms. The summed E-state index contributed by atoms with van der Waals surface area (Å²) in [5, 5.41) is 6.93. The Labute approximate surface area is 306 Å². The molecule has 4 aromatic rings. The normalized spacial score (nSPS) is 25.9. The molecule has 0 radical (unpaired) electrons. The number of anilines is 1. The number of hydrazine groups is 1. The Morgan fingerprint density at radius 2 is 1.34 bits per heavy atom. The van der Waals surface area contributed by atoms with E-state index in [2.05, 4.69) is 101 Å². The van der Waals surface area contributed by atoms with Crippen LogP contribution in [-0.2, 0) is 5.54 Å². The van der Waals surface area contributed by atoms with Gasteiger partial charge in [0, 0.05) is 27.8 Å². The lowest BCUT2D eigenvalue weighted by Crippen LogP contribution is -2.55. The van der Waals surface area contributed by atoms with Crippen molar-refractivity contribution in [3.63, 3.8) is 0 Å². The number of aromatic amines is 2. The molecule has 4 aliphatic rings. The van der Waals surface area contributed by atoms with Gasteiger partial charge in [-0.25, -0.2) is 5.84 Å². The van der Waals surface area contributed by atoms with Crippen LogP contribution in [0.15, 0.2) is 58.5 Å². The number of hydrogen-bond donors (Lipinski definition) is 3. The van der Waals surface area contributed by atoms with Crippen molar-refractivity contribution in [2.75, 3.05) is 57.8 Å². The number of thioether (sulfide) groups is 2. The SMILES string of the molecule is CN(C)CC[C@@H]1CSC(c2cc3cccc(N(N)C4(c5cccc6cc(C7=N[C@H](CCN(C)C)CS7)[nH]c56)CCCC4C4CCCC4)c3[nH]2)=N1. The van der Waals surface area contributed by atoms with Crippen molar-refractivity contribution in [2.45, 2.75) is 75.4 Å². The van der Waals surface area contributed by atoms with E-state index in [0.717, 1.165) is 76.5 Å². The van der Waals surface area contributed by atoms with Crippen LogP contribution in [-0.4, -0.2) is 94.7 Å². The Morgan fingerprint density at radius 3 is 1.96 bits per heavy atom. The molecule has 0 spiro atoms. The highest BCUT2D eigenvalue weighted by Crippen LogP contribution is 2.56. The Balaban J connectivity index is 1.19. The highest BCUT2D eigenvalue weighted by atomic mass is 32.2. The van der Waals surface area contributed by atoms with Crippen molar-refractivity contribution in [3.05, 3.63) is 65.5 Å². The summed E-state index contributed by atoms with van der Waals surface area (Å²) in [6.07, 6.45) is 10.9. The van der Waals surface area contributed by atoms with Crippen molar-refractivity contribution in [1.29, 1.82) is 0 Å². The number of nitrogens with zero attached hydrogens (tertiary/aromatic N) is 5. The molecule has 0 amide bonds. The molecule has 8 rings (SSSR count). The van der Waals surface area contributed by atoms with E-state index in [1.54, 1.807) is 0 Å². The predicted molar refractivity (Wildman–Crippen MR) is 216 cm³/mol. The van der Waals surface area contributed by atoms with Gasteiger partial charge in [-0.1, -0.05) is 62.4 Å². The lowest BCUT2D eigenvalue weighted by Gasteiger charge is -2.47. The van der Waals surface area contributed by atoms with Crippen molar-refractivity contribution < 1.29 is 0 Å². The lowest BCUT2D eigenvalue weighted by atomic mass is 9.72. The summed E-state index contributed by atoms with van der Waals surface area (Å²) in [6, 6.07) is 18.9. The maximum Gasteiger partial charge on any atom is 0.114 e. The fraction of sp³-hybridized carbons (Fsp3) is 0.550. The Hall–Kier alpha value is -2.76. The monoisotopic (exact) mass is 710 g/mol. The van der Waals surface area contributed by atoms with Crippen LogP contribution >= 0.6 is 23.5 Å². The van der Waals surface area contributed by atoms with E-state index in [0.29, 0.717) is 23.9 Å². The second-order valence-electron chi connectivity index (χ2n) is 15.7. The van der Waals surface area contributed by atoms with Crippen molar-refractivity contribution in [3.8, 4) is 0 Å². The van der Waals surface area contributed by atoms with Crippen LogP contribution in [0.2, 0.25) is 0 Å². The Kier molecular flexibility index (Phi) is 9.85. The first-order valence-electron chi connectivity index (χ1n) is 18.8. The molecule has 2 unspecified atom stereocenters. The molecule has 8 nitrogen and oxygen atoms in total. The van der Waals surface area contributed by atoms with E-state index in [1.165, 1.54) is 60.4 Å². The Morgan fingerprint density at radius 1 is 0.760 bits per heavy atom. The zero-order valence-corrected chi connectivity index (χ0v) is 31.9. The average molecular weight is 711 g/mol. The van der Waals surface area contributed by atoms with Crippen molar-refractivity contribution in [2.24, 2.45) is 27.7 Å². The minimum atomic E-state index is -0.327. The van der Waals surface area contributed by atoms with E-state index in [4.69, 9.17) is 15.8 Å². The second-order valence-corrected chi connectivity index (χ2v) is 17.7. The fourth-order valence-electron chi connectivity index (χ4n) is 9.30. The smallest absolute Gasteiger partial charge is 0.114 e. The number of rotatable bonds is 12. The lowest BCUT2D eigenvalue weighted by molar-refractivity contribution is 0.212. The number of nitrogens with one attached hydrogen (secondary N) is 2. The molecule has 2 saturated carbocycles. The van der Waals surface area contributed by atoms with Gasteiger partial charge in [0.15, 0.2) is 0 Å². The number of nitrogens with two attached hydrogens (primary N) is 1. The van der Waals surface area contributed by atoms with Crippen LogP contribution in [0.3, 0.4) is 0 Å². The van der Waals surface area contributed by atoms with Gasteiger partial charge in [0.1, 0.15) is 10.1 Å². The van der Waals surface area contributed by atoms with Gasteiger partial charge in [0.25, 0.3) is 0 Å². The van der Waals surface area contributed by atoms with E-state index in [-0.39, 0.29) is 5.54 Å². The first-order chi connectivity index (χ1) is 24.3. The van der Waals surface area contributed by atoms with Gasteiger partial charge in [-0.15, -0.1) is 23.5 Å². The van der Waals surface area contributed by atoms with Gasteiger partial charge in [0.05, 0.1) is 45.7 Å². The molecular formula is C40H54N8S2. The number of H-pyrrole nitrogens is 2. The Bertz CT molecular complexity index is 1880. The average Bonchev–Trinajstić information content (AvgIpc) is 3.96. The zero-order valence-electron chi connectivity index (χ0n) is 30.3. The highest BCUT2D eigenvalue weighted by Gasteiger charge is 2.52. The summed E-state index contributed by atoms with van der Waals surface area (Å²) in [6.45, 7) is 2.13. The molecule has 4 atom stereocenters. The van der Waals surface area contributed by atoms with Crippen LogP contribution in [0.5, 0.6) is 0 Å². The first kappa shape index (κ1) is 34.3. The van der Waals surface area contributed by atoms with Gasteiger partial charge < -0.3 is 19.8 Å². The molecule has 2 aromatic carbocycles. The molecule has 0 saturated heterocycles. The molecule has 2 aromatic heterocycles. The van der Waals surface area contributed by atoms with Crippen molar-refractivity contribution in [1.82, 2.24) is 19.8 Å². The fourth-order valence-corrected chi connectivity index (χ4v) is 11.5. The van der Waals surface area contributed by atoms with E-state index >= 15 is 0 Å². The number of aliphatic imine (C=N–C) groups is 2. The van der Waals surface area contributed by atoms with Gasteiger partial charge >= 0.3 is 0 Å². The van der Waals surface area contributed by atoms with Crippen LogP contribution in [0.1, 0.15) is 74.7 Å². The summed E-state index contributed by atoms with van der Waals surface area (Å²) in [5.74, 6) is 10.9. The quantitative estimate of drug-likeness (QED) is 0.103. The summed E-state index contributed by atoms with van der Waals surface area (Å²) in [4.78, 5) is 22.6. The topological polar surface area (TPSA) is 92.0 Å². The van der Waals surface area contributed by atoms with Crippen LogP contribution in [0.4, 0.5) is 5.69 Å². The number of fused-ring (bicyclic) bond motifs is 2. The third kappa shape index (κ3) is 6.44. The summed E-state index contributed by atoms with van der Waals surface area (Å²) >= 11 is 3.78. The van der Waals surface area contributed by atoms with Gasteiger partial charge in [-0.05, 0) is 97.0 Å². The molecule has 50 heavy (non-hydrogen) atoms. The van der Waals surface area contributed by atoms with Crippen LogP contribution < -0.4 is 10.9 Å². The molecule has 2 aliphatic carbocycles. The molecule has 0 bridgehead atoms. The van der Waals surface area contributed by atoms with E-state index in [1.807, 2.05) is 23.5 Å². The summed E-state index contributed by atoms with van der Waals surface area (Å²) in [5.41, 5.74) is 6.69. The molecule has 4 N–H and O–H groups in total. The molecule has 4 heterocycles. The number of para-hydroxylation sites is 2. The maximum absolute atomic E-state index is 7.67. The van der Waals surface area contributed by atoms with Crippen molar-refractivity contribution >= 4 is 61.1 Å². The zero-order chi connectivity index (χ0) is 34.4. The highest BCUT2D eigenvalue weighted by molar-refractivity contribution is 8.15. The first-order valence-corrected chi connectivity index (χ1v) is 20.8. The minimum Gasteiger partial charge on any atom is -0.353 e. The van der Waals surface area contributed by atoms with E-state index < -0.39 is 0 Å². The third-order valence-corrected chi connectivity index (χ3v) is 14.1. The third-order valence-electron chi connectivity index (χ3n) is 11.8. The standard InChI is InChI=1S/C40H54N8S2/c1-46(2)20-17-29-24-49-38(42-29)33-22-27-12-7-14-32(36(27)44-33)40(19-9-15-31(40)26-10-5-6-11-26)48(41)35-16-8-13-28-23-34(45-37(28)35)39-43-30(25-50-39)18-21-47(3)4/h7-8,12-14,16,22-23,26,29-31,44-45H,5-6,9-11,15,17-21,24-25,41H2,1-4H3/t29-,30-,31?,40?/m1/s1. The molecule has 2 fully saturated rings. The van der Waals surface area contributed by atoms with Gasteiger partial charge in [0.2, 0.25) is 0 Å².